The molecule has 2 N–H and O–H groups in total. The molecule has 0 saturated heterocycles. The average molecular weight is 229 g/mol. The number of nitrogens with one attached hydrogen (secondary N) is 2. The minimum atomic E-state index is 0.0475. The van der Waals surface area contributed by atoms with Crippen LogP contribution in [0, 0.1) is 5.92 Å². The van der Waals surface area contributed by atoms with Gasteiger partial charge in [-0.1, -0.05) is 20.8 Å². The number of carbonyl (C=O) groups is 1. The van der Waals surface area contributed by atoms with Gasteiger partial charge in [-0.15, -0.1) is 0 Å². The van der Waals surface area contributed by atoms with E-state index in [4.69, 9.17) is 0 Å². The lowest BCUT2D eigenvalue weighted by Gasteiger charge is -2.20. The summed E-state index contributed by atoms with van der Waals surface area (Å²) in [5.74, 6) is 0.188. The van der Waals surface area contributed by atoms with Gasteiger partial charge in [0.2, 0.25) is 5.91 Å². The summed E-state index contributed by atoms with van der Waals surface area (Å²) >= 11 is 0. The van der Waals surface area contributed by atoms with Crippen molar-refractivity contribution in [2.24, 2.45) is 5.92 Å². The van der Waals surface area contributed by atoms with Gasteiger partial charge in [0, 0.05) is 25.6 Å². The first-order valence-electron chi connectivity index (χ1n) is 6.30. The lowest BCUT2D eigenvalue weighted by atomic mass is 10.1. The van der Waals surface area contributed by atoms with Crippen LogP contribution in [0.3, 0.4) is 0 Å². The van der Waals surface area contributed by atoms with Gasteiger partial charge in [-0.3, -0.25) is 4.79 Å². The van der Waals surface area contributed by atoms with Crippen LogP contribution < -0.4 is 10.6 Å². The van der Waals surface area contributed by atoms with Crippen molar-refractivity contribution in [2.45, 2.75) is 27.2 Å². The molecule has 0 bridgehead atoms. The Balaban J connectivity index is 3.66. The summed E-state index contributed by atoms with van der Waals surface area (Å²) in [5.41, 5.74) is 0. The first-order chi connectivity index (χ1) is 7.65. The van der Waals surface area contributed by atoms with E-state index in [0.717, 1.165) is 39.1 Å². The zero-order valence-corrected chi connectivity index (χ0v) is 11.2. The van der Waals surface area contributed by atoms with Crippen LogP contribution in [-0.2, 0) is 4.79 Å². The molecule has 1 unspecified atom stereocenters. The van der Waals surface area contributed by atoms with E-state index in [1.165, 1.54) is 0 Å². The maximum Gasteiger partial charge on any atom is 0.224 e. The fraction of sp³-hybridized carbons (Fsp3) is 0.917. The maximum atomic E-state index is 11.6. The Morgan fingerprint density at radius 2 is 2.00 bits per heavy atom. The van der Waals surface area contributed by atoms with Gasteiger partial charge in [0.15, 0.2) is 0 Å². The molecule has 1 amide bonds. The Morgan fingerprint density at radius 3 is 2.50 bits per heavy atom. The van der Waals surface area contributed by atoms with Crippen LogP contribution >= 0.6 is 0 Å². The van der Waals surface area contributed by atoms with Crippen LogP contribution in [0.2, 0.25) is 0 Å². The summed E-state index contributed by atoms with van der Waals surface area (Å²) in [4.78, 5) is 13.9. The smallest absolute Gasteiger partial charge is 0.224 e. The molecule has 0 radical (unpaired) electrons. The van der Waals surface area contributed by atoms with Crippen LogP contribution in [0.15, 0.2) is 0 Å². The molecule has 0 fully saturated rings. The van der Waals surface area contributed by atoms with E-state index in [1.807, 2.05) is 14.0 Å². The molecular weight excluding hydrogens is 202 g/mol. The highest BCUT2D eigenvalue weighted by molar-refractivity contribution is 5.78. The summed E-state index contributed by atoms with van der Waals surface area (Å²) in [7, 11) is 1.86. The highest BCUT2D eigenvalue weighted by atomic mass is 16.1. The molecule has 0 aromatic carbocycles. The zero-order chi connectivity index (χ0) is 12.4. The number of carbonyl (C=O) groups excluding carboxylic acids is 1. The second kappa shape index (κ2) is 9.60. The third-order valence-electron chi connectivity index (χ3n) is 2.67. The summed E-state index contributed by atoms with van der Waals surface area (Å²) in [6.07, 6.45) is 1.16. The second-order valence-corrected chi connectivity index (χ2v) is 4.18. The van der Waals surface area contributed by atoms with Crippen molar-refractivity contribution >= 4 is 5.91 Å². The maximum absolute atomic E-state index is 11.6. The highest BCUT2D eigenvalue weighted by Gasteiger charge is 2.11. The molecule has 0 saturated carbocycles. The lowest BCUT2D eigenvalue weighted by Crippen LogP contribution is -2.39. The highest BCUT2D eigenvalue weighted by Crippen LogP contribution is 1.93. The summed E-state index contributed by atoms with van der Waals surface area (Å²) < 4.78 is 0. The molecule has 0 spiro atoms. The first-order valence-corrected chi connectivity index (χ1v) is 6.30. The van der Waals surface area contributed by atoms with Crippen molar-refractivity contribution < 1.29 is 4.79 Å². The van der Waals surface area contributed by atoms with Crippen molar-refractivity contribution in [1.29, 1.82) is 0 Å². The predicted octanol–water partition coefficient (Wildman–Crippen LogP) is 0.690. The van der Waals surface area contributed by atoms with Crippen LogP contribution in [0.25, 0.3) is 0 Å². The lowest BCUT2D eigenvalue weighted by molar-refractivity contribution is -0.124. The van der Waals surface area contributed by atoms with Gasteiger partial charge in [0.25, 0.3) is 0 Å². The number of hydrogen-bond donors (Lipinski definition) is 2. The largest absolute Gasteiger partial charge is 0.355 e. The van der Waals surface area contributed by atoms with E-state index in [9.17, 15) is 4.79 Å². The predicted molar refractivity (Wildman–Crippen MR) is 68.5 cm³/mol. The van der Waals surface area contributed by atoms with Crippen molar-refractivity contribution in [3.63, 3.8) is 0 Å². The number of nitrogens with zero attached hydrogens (tertiary/aromatic N) is 1. The minimum Gasteiger partial charge on any atom is -0.355 e. The molecule has 0 aliphatic heterocycles. The van der Waals surface area contributed by atoms with Gasteiger partial charge >= 0.3 is 0 Å². The van der Waals surface area contributed by atoms with E-state index in [1.54, 1.807) is 0 Å². The van der Waals surface area contributed by atoms with E-state index < -0.39 is 0 Å². The SMILES string of the molecule is CCCN(CC)CCNC(=O)C(C)CNC. The Labute approximate surface area is 99.8 Å². The molecule has 4 nitrogen and oxygen atoms in total. The molecule has 1 atom stereocenters. The van der Waals surface area contributed by atoms with Gasteiger partial charge in [0.05, 0.1) is 0 Å². The van der Waals surface area contributed by atoms with Crippen LogP contribution in [-0.4, -0.2) is 50.6 Å². The average Bonchev–Trinajstić information content (AvgIpc) is 2.28. The monoisotopic (exact) mass is 229 g/mol. The molecule has 0 aliphatic carbocycles. The van der Waals surface area contributed by atoms with Gasteiger partial charge in [-0.05, 0) is 26.6 Å². The van der Waals surface area contributed by atoms with E-state index in [-0.39, 0.29) is 11.8 Å². The molecule has 16 heavy (non-hydrogen) atoms. The Hall–Kier alpha value is -0.610. The summed E-state index contributed by atoms with van der Waals surface area (Å²) in [6.45, 7) is 10.9. The Kier molecular flexibility index (Phi) is 9.24. The summed E-state index contributed by atoms with van der Waals surface area (Å²) in [5, 5.41) is 5.98. The van der Waals surface area contributed by atoms with E-state index in [0.29, 0.717) is 0 Å². The molecule has 0 rings (SSSR count). The van der Waals surface area contributed by atoms with Crippen molar-refractivity contribution in [3.05, 3.63) is 0 Å². The third-order valence-corrected chi connectivity index (χ3v) is 2.67. The molecule has 0 heterocycles. The van der Waals surface area contributed by atoms with Crippen molar-refractivity contribution in [2.75, 3.05) is 39.8 Å². The third kappa shape index (κ3) is 6.80. The van der Waals surface area contributed by atoms with Gasteiger partial charge in [-0.25, -0.2) is 0 Å². The van der Waals surface area contributed by atoms with Gasteiger partial charge in [-0.2, -0.15) is 0 Å². The van der Waals surface area contributed by atoms with E-state index in [2.05, 4.69) is 29.4 Å². The van der Waals surface area contributed by atoms with Crippen LogP contribution in [0.1, 0.15) is 27.2 Å². The molecular formula is C12H27N3O. The molecule has 96 valence electrons. The quantitative estimate of drug-likeness (QED) is 0.611. The fourth-order valence-electron chi connectivity index (χ4n) is 1.65. The van der Waals surface area contributed by atoms with Crippen molar-refractivity contribution in [1.82, 2.24) is 15.5 Å². The standard InChI is InChI=1S/C12H27N3O/c1-5-8-15(6-2)9-7-14-12(16)11(3)10-13-4/h11,13H,5-10H2,1-4H3,(H,14,16). The molecule has 0 aliphatic rings. The fourth-order valence-corrected chi connectivity index (χ4v) is 1.65. The van der Waals surface area contributed by atoms with E-state index >= 15 is 0 Å². The normalized spacial score (nSPS) is 12.8. The summed E-state index contributed by atoms with van der Waals surface area (Å²) in [6, 6.07) is 0. The van der Waals surface area contributed by atoms with Crippen LogP contribution in [0.4, 0.5) is 0 Å². The Morgan fingerprint density at radius 1 is 1.31 bits per heavy atom. The first kappa shape index (κ1) is 15.4. The number of likely N-dealkylation sites (N-methyl/N-ethyl adjacent to an activating group) is 1. The number of hydrogen-bond acceptors (Lipinski definition) is 3. The minimum absolute atomic E-state index is 0.0475. The van der Waals surface area contributed by atoms with Crippen molar-refractivity contribution in [3.8, 4) is 0 Å². The zero-order valence-electron chi connectivity index (χ0n) is 11.2. The van der Waals surface area contributed by atoms with Gasteiger partial charge in [0.1, 0.15) is 0 Å². The van der Waals surface area contributed by atoms with Gasteiger partial charge < -0.3 is 15.5 Å². The molecule has 4 heteroatoms. The molecule has 0 aromatic heterocycles. The Bertz CT molecular complexity index is 185. The number of amides is 1. The van der Waals surface area contributed by atoms with Crippen LogP contribution in [0.5, 0.6) is 0 Å². The molecule has 0 aromatic rings. The second-order valence-electron chi connectivity index (χ2n) is 4.18. The number of rotatable bonds is 9. The topological polar surface area (TPSA) is 44.4 Å².